The Labute approximate surface area is 123 Å². The van der Waals surface area contributed by atoms with Gasteiger partial charge in [-0.05, 0) is 38.1 Å². The van der Waals surface area contributed by atoms with E-state index in [-0.39, 0.29) is 12.1 Å². The van der Waals surface area contributed by atoms with Crippen molar-refractivity contribution in [3.63, 3.8) is 0 Å². The van der Waals surface area contributed by atoms with Crippen LogP contribution in [0.15, 0.2) is 34.9 Å². The zero-order valence-electron chi connectivity index (χ0n) is 12.4. The van der Waals surface area contributed by atoms with E-state index in [1.54, 1.807) is 13.0 Å². The SMILES string of the molecule is CCNC(C)c1ccc(NC(=O)Nc2cc(C)no2)cc1. The molecule has 0 aliphatic heterocycles. The Bertz CT molecular complexity index is 592. The van der Waals surface area contributed by atoms with E-state index < -0.39 is 0 Å². The summed E-state index contributed by atoms with van der Waals surface area (Å²) in [6.07, 6.45) is 0. The number of aryl methyl sites for hydroxylation is 1. The molecule has 6 heteroatoms. The second kappa shape index (κ2) is 6.90. The summed E-state index contributed by atoms with van der Waals surface area (Å²) >= 11 is 0. The minimum atomic E-state index is -0.362. The van der Waals surface area contributed by atoms with Gasteiger partial charge >= 0.3 is 6.03 Å². The molecular formula is C15H20N4O2. The fourth-order valence-corrected chi connectivity index (χ4v) is 1.98. The van der Waals surface area contributed by atoms with Gasteiger partial charge in [0.15, 0.2) is 0 Å². The molecule has 1 atom stereocenters. The number of carbonyl (C=O) groups is 1. The smallest absolute Gasteiger partial charge is 0.326 e. The van der Waals surface area contributed by atoms with Gasteiger partial charge in [-0.3, -0.25) is 5.32 Å². The van der Waals surface area contributed by atoms with Gasteiger partial charge in [0.25, 0.3) is 0 Å². The molecule has 0 saturated heterocycles. The topological polar surface area (TPSA) is 79.2 Å². The van der Waals surface area contributed by atoms with Crippen molar-refractivity contribution >= 4 is 17.6 Å². The van der Waals surface area contributed by atoms with Crippen LogP contribution in [0.25, 0.3) is 0 Å². The summed E-state index contributed by atoms with van der Waals surface area (Å²) in [5.41, 5.74) is 2.61. The van der Waals surface area contributed by atoms with Crippen LogP contribution in [-0.4, -0.2) is 17.7 Å². The molecule has 6 nitrogen and oxygen atoms in total. The highest BCUT2D eigenvalue weighted by molar-refractivity contribution is 5.98. The molecule has 0 spiro atoms. The number of nitrogens with zero attached hydrogens (tertiary/aromatic N) is 1. The number of hydrogen-bond acceptors (Lipinski definition) is 4. The van der Waals surface area contributed by atoms with E-state index in [2.05, 4.69) is 35.0 Å². The van der Waals surface area contributed by atoms with Crippen LogP contribution < -0.4 is 16.0 Å². The van der Waals surface area contributed by atoms with E-state index in [1.165, 1.54) is 5.56 Å². The van der Waals surface area contributed by atoms with Crippen molar-refractivity contribution in [3.05, 3.63) is 41.6 Å². The molecule has 112 valence electrons. The van der Waals surface area contributed by atoms with Crippen LogP contribution in [0.4, 0.5) is 16.4 Å². The quantitative estimate of drug-likeness (QED) is 0.788. The predicted octanol–water partition coefficient (Wildman–Crippen LogP) is 3.30. The summed E-state index contributed by atoms with van der Waals surface area (Å²) in [5, 5.41) is 12.4. The second-order valence-electron chi connectivity index (χ2n) is 4.81. The van der Waals surface area contributed by atoms with Crippen molar-refractivity contribution in [1.82, 2.24) is 10.5 Å². The lowest BCUT2D eigenvalue weighted by Gasteiger charge is -2.13. The highest BCUT2D eigenvalue weighted by Gasteiger charge is 2.07. The van der Waals surface area contributed by atoms with Crippen molar-refractivity contribution in [2.75, 3.05) is 17.2 Å². The Balaban J connectivity index is 1.92. The number of benzene rings is 1. The number of aromatic nitrogens is 1. The third-order valence-corrected chi connectivity index (χ3v) is 3.04. The highest BCUT2D eigenvalue weighted by Crippen LogP contribution is 2.16. The Morgan fingerprint density at radius 2 is 2.00 bits per heavy atom. The summed E-state index contributed by atoms with van der Waals surface area (Å²) in [5.74, 6) is 0.322. The summed E-state index contributed by atoms with van der Waals surface area (Å²) in [4.78, 5) is 11.8. The number of rotatable bonds is 5. The number of nitrogens with one attached hydrogen (secondary N) is 3. The van der Waals surface area contributed by atoms with Crippen molar-refractivity contribution in [2.24, 2.45) is 0 Å². The molecule has 0 bridgehead atoms. The van der Waals surface area contributed by atoms with E-state index >= 15 is 0 Å². The molecule has 2 amide bonds. The maximum atomic E-state index is 11.8. The molecule has 1 unspecified atom stereocenters. The summed E-state index contributed by atoms with van der Waals surface area (Å²) in [6.45, 7) is 6.88. The lowest BCUT2D eigenvalue weighted by molar-refractivity contribution is 0.261. The van der Waals surface area contributed by atoms with Gasteiger partial charge in [-0.1, -0.05) is 24.2 Å². The maximum Gasteiger partial charge on any atom is 0.326 e. The van der Waals surface area contributed by atoms with Crippen LogP contribution in [0.1, 0.15) is 31.1 Å². The molecule has 0 saturated carbocycles. The van der Waals surface area contributed by atoms with Gasteiger partial charge in [-0.2, -0.15) is 0 Å². The Kier molecular flexibility index (Phi) is 4.94. The molecular weight excluding hydrogens is 268 g/mol. The Morgan fingerprint density at radius 3 is 2.57 bits per heavy atom. The molecule has 2 aromatic rings. The average molecular weight is 288 g/mol. The molecule has 21 heavy (non-hydrogen) atoms. The van der Waals surface area contributed by atoms with Gasteiger partial charge in [0, 0.05) is 17.8 Å². The Morgan fingerprint density at radius 1 is 1.29 bits per heavy atom. The fraction of sp³-hybridized carbons (Fsp3) is 0.333. The van der Waals surface area contributed by atoms with Crippen molar-refractivity contribution in [2.45, 2.75) is 26.8 Å². The third kappa shape index (κ3) is 4.32. The number of carbonyl (C=O) groups excluding carboxylic acids is 1. The second-order valence-corrected chi connectivity index (χ2v) is 4.81. The van der Waals surface area contributed by atoms with Gasteiger partial charge in [0.05, 0.1) is 5.69 Å². The predicted molar refractivity (Wildman–Crippen MR) is 82.4 cm³/mol. The van der Waals surface area contributed by atoms with Gasteiger partial charge in [-0.25, -0.2) is 4.79 Å². The lowest BCUT2D eigenvalue weighted by Crippen LogP contribution is -2.19. The molecule has 3 N–H and O–H groups in total. The van der Waals surface area contributed by atoms with Crippen LogP contribution in [0.5, 0.6) is 0 Å². The molecule has 0 radical (unpaired) electrons. The molecule has 0 aliphatic carbocycles. The zero-order chi connectivity index (χ0) is 15.2. The van der Waals surface area contributed by atoms with Gasteiger partial charge in [0.1, 0.15) is 0 Å². The summed E-state index contributed by atoms with van der Waals surface area (Å²) in [7, 11) is 0. The van der Waals surface area contributed by atoms with Crippen molar-refractivity contribution in [1.29, 1.82) is 0 Å². The first kappa shape index (κ1) is 15.1. The molecule has 0 fully saturated rings. The fourth-order valence-electron chi connectivity index (χ4n) is 1.98. The highest BCUT2D eigenvalue weighted by atomic mass is 16.5. The first-order valence-electron chi connectivity index (χ1n) is 6.93. The van der Waals surface area contributed by atoms with E-state index in [4.69, 9.17) is 4.52 Å². The molecule has 1 aromatic carbocycles. The molecule has 1 aromatic heterocycles. The number of urea groups is 1. The summed E-state index contributed by atoms with van der Waals surface area (Å²) in [6, 6.07) is 9.29. The monoisotopic (exact) mass is 288 g/mol. The first-order valence-corrected chi connectivity index (χ1v) is 6.93. The lowest BCUT2D eigenvalue weighted by atomic mass is 10.1. The van der Waals surface area contributed by atoms with Crippen LogP contribution in [-0.2, 0) is 0 Å². The van der Waals surface area contributed by atoms with Gasteiger partial charge in [-0.15, -0.1) is 0 Å². The average Bonchev–Trinajstić information content (AvgIpc) is 2.85. The van der Waals surface area contributed by atoms with E-state index in [9.17, 15) is 4.79 Å². The summed E-state index contributed by atoms with van der Waals surface area (Å²) < 4.78 is 4.92. The van der Waals surface area contributed by atoms with Crippen LogP contribution in [0.3, 0.4) is 0 Å². The standard InChI is InChI=1S/C15H20N4O2/c1-4-16-11(3)12-5-7-13(8-6-12)17-15(20)18-14-9-10(2)19-21-14/h5-9,11,16H,4H2,1-3H3,(H2,17,18,20). The zero-order valence-corrected chi connectivity index (χ0v) is 12.4. The van der Waals surface area contributed by atoms with Crippen LogP contribution in [0.2, 0.25) is 0 Å². The number of anilines is 2. The first-order chi connectivity index (χ1) is 10.1. The largest absolute Gasteiger partial charge is 0.338 e. The van der Waals surface area contributed by atoms with Crippen molar-refractivity contribution in [3.8, 4) is 0 Å². The normalized spacial score (nSPS) is 12.0. The van der Waals surface area contributed by atoms with E-state index in [0.29, 0.717) is 11.6 Å². The van der Waals surface area contributed by atoms with E-state index in [1.807, 2.05) is 24.3 Å². The van der Waals surface area contributed by atoms with Crippen LogP contribution in [0, 0.1) is 6.92 Å². The minimum absolute atomic E-state index is 0.287. The Hall–Kier alpha value is -2.34. The van der Waals surface area contributed by atoms with Crippen molar-refractivity contribution < 1.29 is 9.32 Å². The molecule has 2 rings (SSSR count). The molecule has 0 aliphatic rings. The van der Waals surface area contributed by atoms with Gasteiger partial charge < -0.3 is 15.2 Å². The van der Waals surface area contributed by atoms with E-state index in [0.717, 1.165) is 12.2 Å². The third-order valence-electron chi connectivity index (χ3n) is 3.04. The minimum Gasteiger partial charge on any atom is -0.338 e. The number of amides is 2. The van der Waals surface area contributed by atoms with Gasteiger partial charge in [0.2, 0.25) is 5.88 Å². The maximum absolute atomic E-state index is 11.8. The number of hydrogen-bond donors (Lipinski definition) is 3. The molecule has 1 heterocycles. The van der Waals surface area contributed by atoms with Crippen LogP contribution >= 0.6 is 0 Å².